The van der Waals surface area contributed by atoms with Crippen molar-refractivity contribution in [2.24, 2.45) is 0 Å². The molecule has 0 unspecified atom stereocenters. The molecule has 0 saturated heterocycles. The summed E-state index contributed by atoms with van der Waals surface area (Å²) in [7, 11) is 0. The van der Waals surface area contributed by atoms with E-state index in [2.05, 4.69) is 11.3 Å². The molecule has 0 heterocycles. The summed E-state index contributed by atoms with van der Waals surface area (Å²) in [5.41, 5.74) is 1.72. The normalized spacial score (nSPS) is 10.0. The second-order valence-electron chi connectivity index (χ2n) is 6.39. The van der Waals surface area contributed by atoms with Gasteiger partial charge in [0, 0.05) is 18.4 Å². The van der Waals surface area contributed by atoms with Crippen LogP contribution in [0.15, 0.2) is 60.7 Å². The molecule has 2 rings (SSSR count). The molecule has 0 aliphatic heterocycles. The predicted molar refractivity (Wildman–Crippen MR) is 109 cm³/mol. The van der Waals surface area contributed by atoms with E-state index in [9.17, 15) is 14.4 Å². The number of esters is 2. The molecule has 7 heteroatoms. The summed E-state index contributed by atoms with van der Waals surface area (Å²) < 4.78 is 20.5. The summed E-state index contributed by atoms with van der Waals surface area (Å²) >= 11 is 0. The summed E-state index contributed by atoms with van der Waals surface area (Å²) in [5, 5.41) is 0. The fourth-order valence-corrected chi connectivity index (χ4v) is 2.34. The molecule has 0 N–H and O–H groups in total. The van der Waals surface area contributed by atoms with Crippen LogP contribution >= 0.6 is 0 Å². The lowest BCUT2D eigenvalue weighted by Gasteiger charge is -2.08. The van der Waals surface area contributed by atoms with Crippen molar-refractivity contribution in [3.63, 3.8) is 0 Å². The minimum absolute atomic E-state index is 0.249. The number of carbonyl (C=O) groups excluding carboxylic acids is 3. The smallest absolute Gasteiger partial charge is 0.343 e. The first-order valence-electron chi connectivity index (χ1n) is 9.41. The van der Waals surface area contributed by atoms with E-state index in [4.69, 9.17) is 14.2 Å². The van der Waals surface area contributed by atoms with E-state index < -0.39 is 11.9 Å². The lowest BCUT2D eigenvalue weighted by Crippen LogP contribution is -2.10. The largest absolute Gasteiger partial charge is 0.493 e. The molecule has 0 amide bonds. The Bertz CT molecular complexity index is 854. The van der Waals surface area contributed by atoms with E-state index in [1.54, 1.807) is 55.5 Å². The topological polar surface area (TPSA) is 88.1 Å². The first-order valence-corrected chi connectivity index (χ1v) is 9.41. The van der Waals surface area contributed by atoms with E-state index in [0.717, 1.165) is 5.56 Å². The van der Waals surface area contributed by atoms with Crippen molar-refractivity contribution >= 4 is 18.4 Å². The van der Waals surface area contributed by atoms with Crippen molar-refractivity contribution in [1.29, 1.82) is 0 Å². The van der Waals surface area contributed by atoms with Gasteiger partial charge in [0.05, 0.1) is 25.4 Å². The average molecular weight is 412 g/mol. The highest BCUT2D eigenvalue weighted by Gasteiger charge is 2.09. The molecule has 2 aromatic carbocycles. The van der Waals surface area contributed by atoms with E-state index >= 15 is 0 Å². The van der Waals surface area contributed by atoms with Crippen molar-refractivity contribution in [2.75, 3.05) is 19.8 Å². The first kappa shape index (κ1) is 22.7. The van der Waals surface area contributed by atoms with Gasteiger partial charge in [-0.15, -0.1) is 0 Å². The number of hydrogen-bond donors (Lipinski definition) is 0. The second kappa shape index (κ2) is 12.1. The van der Waals surface area contributed by atoms with Crippen LogP contribution in [0, 0.1) is 0 Å². The Kier molecular flexibility index (Phi) is 9.12. The van der Waals surface area contributed by atoms with Crippen LogP contribution in [-0.2, 0) is 25.5 Å². The zero-order valence-corrected chi connectivity index (χ0v) is 16.8. The number of hydrogen-bond acceptors (Lipinski definition) is 7. The molecule has 0 atom stereocenters. The minimum atomic E-state index is -0.481. The Morgan fingerprint density at radius 3 is 2.23 bits per heavy atom. The zero-order chi connectivity index (χ0) is 21.8. The quantitative estimate of drug-likeness (QED) is 0.173. The summed E-state index contributed by atoms with van der Waals surface area (Å²) in [6, 6.07) is 13.6. The predicted octanol–water partition coefficient (Wildman–Crippen LogP) is 3.51. The summed E-state index contributed by atoms with van der Waals surface area (Å²) in [4.78, 5) is 33.7. The van der Waals surface area contributed by atoms with Crippen molar-refractivity contribution in [3.05, 3.63) is 71.8 Å². The highest BCUT2D eigenvalue weighted by molar-refractivity contribution is 5.91. The van der Waals surface area contributed by atoms with E-state index in [0.29, 0.717) is 55.2 Å². The molecule has 30 heavy (non-hydrogen) atoms. The van der Waals surface area contributed by atoms with Crippen molar-refractivity contribution in [2.45, 2.75) is 19.8 Å². The number of benzene rings is 2. The van der Waals surface area contributed by atoms with Gasteiger partial charge in [-0.05, 0) is 48.9 Å². The van der Waals surface area contributed by atoms with Crippen LogP contribution in [0.1, 0.15) is 29.3 Å². The van der Waals surface area contributed by atoms with E-state index in [1.807, 2.05) is 0 Å². The van der Waals surface area contributed by atoms with Gasteiger partial charge in [0.2, 0.25) is 0 Å². The molecule has 0 radical (unpaired) electrons. The molecule has 0 saturated carbocycles. The highest BCUT2D eigenvalue weighted by Crippen LogP contribution is 2.17. The van der Waals surface area contributed by atoms with Crippen molar-refractivity contribution in [1.82, 2.24) is 0 Å². The van der Waals surface area contributed by atoms with Gasteiger partial charge in [-0.2, -0.15) is 0 Å². The Balaban J connectivity index is 1.76. The first-order chi connectivity index (χ1) is 14.5. The third-order valence-corrected chi connectivity index (χ3v) is 3.94. The van der Waals surface area contributed by atoms with Crippen LogP contribution in [0.5, 0.6) is 11.5 Å². The molecule has 0 spiro atoms. The molecule has 0 bridgehead atoms. The summed E-state index contributed by atoms with van der Waals surface area (Å²) in [5.74, 6) is 0.120. The lowest BCUT2D eigenvalue weighted by atomic mass is 10.1. The molecule has 0 fully saturated rings. The van der Waals surface area contributed by atoms with Crippen molar-refractivity contribution in [3.8, 4) is 11.5 Å². The molecular weight excluding hydrogens is 388 g/mol. The second-order valence-corrected chi connectivity index (χ2v) is 6.39. The Labute approximate surface area is 175 Å². The van der Waals surface area contributed by atoms with Gasteiger partial charge in [-0.25, -0.2) is 9.59 Å². The van der Waals surface area contributed by atoms with E-state index in [-0.39, 0.29) is 6.61 Å². The molecule has 0 aliphatic carbocycles. The molecule has 7 nitrogen and oxygen atoms in total. The van der Waals surface area contributed by atoms with Crippen LogP contribution in [0.3, 0.4) is 0 Å². The van der Waals surface area contributed by atoms with Gasteiger partial charge >= 0.3 is 11.9 Å². The van der Waals surface area contributed by atoms with Crippen molar-refractivity contribution < 1.29 is 33.3 Å². The summed E-state index contributed by atoms with van der Waals surface area (Å²) in [6.07, 6.45) is 1.13. The Morgan fingerprint density at radius 2 is 1.60 bits per heavy atom. The average Bonchev–Trinajstić information content (AvgIpc) is 2.75. The standard InChI is InChI=1S/C23H24O7/c1-17(2)22(25)29-14-3-13-28-20-10-6-19(7-11-20)23(26)30-21-8-4-18(5-9-21)12-15-27-16-24/h4-11,16H,1,3,12-15H2,2H3. The monoisotopic (exact) mass is 412 g/mol. The SMILES string of the molecule is C=C(C)C(=O)OCCCOc1ccc(C(=O)Oc2ccc(CCOC=O)cc2)cc1. The number of ether oxygens (including phenoxy) is 4. The van der Waals surface area contributed by atoms with Gasteiger partial charge in [-0.1, -0.05) is 18.7 Å². The van der Waals surface area contributed by atoms with Crippen LogP contribution in [0.4, 0.5) is 0 Å². The van der Waals surface area contributed by atoms with Gasteiger partial charge in [0.1, 0.15) is 11.5 Å². The summed E-state index contributed by atoms with van der Waals surface area (Å²) in [6.45, 7) is 6.43. The van der Waals surface area contributed by atoms with Gasteiger partial charge in [0.25, 0.3) is 6.47 Å². The lowest BCUT2D eigenvalue weighted by molar-refractivity contribution is -0.139. The fourth-order valence-electron chi connectivity index (χ4n) is 2.34. The fraction of sp³-hybridized carbons (Fsp3) is 0.261. The Hall–Kier alpha value is -3.61. The maximum atomic E-state index is 12.3. The van der Waals surface area contributed by atoms with Crippen LogP contribution in [-0.4, -0.2) is 38.2 Å². The third-order valence-electron chi connectivity index (χ3n) is 3.94. The van der Waals surface area contributed by atoms with Gasteiger partial charge in [-0.3, -0.25) is 4.79 Å². The molecule has 2 aromatic rings. The highest BCUT2D eigenvalue weighted by atomic mass is 16.5. The third kappa shape index (κ3) is 7.79. The van der Waals surface area contributed by atoms with Crippen LogP contribution in [0.2, 0.25) is 0 Å². The number of carbonyl (C=O) groups is 3. The zero-order valence-electron chi connectivity index (χ0n) is 16.8. The van der Waals surface area contributed by atoms with Crippen LogP contribution in [0.25, 0.3) is 0 Å². The minimum Gasteiger partial charge on any atom is -0.493 e. The molecule has 0 aliphatic rings. The Morgan fingerprint density at radius 1 is 0.933 bits per heavy atom. The molecule has 158 valence electrons. The van der Waals surface area contributed by atoms with E-state index in [1.165, 1.54) is 0 Å². The van der Waals surface area contributed by atoms with Crippen LogP contribution < -0.4 is 9.47 Å². The molecular formula is C23H24O7. The maximum absolute atomic E-state index is 12.3. The van der Waals surface area contributed by atoms with Gasteiger partial charge < -0.3 is 18.9 Å². The van der Waals surface area contributed by atoms with Gasteiger partial charge in [0.15, 0.2) is 0 Å². The number of rotatable bonds is 12. The maximum Gasteiger partial charge on any atom is 0.343 e. The molecule has 0 aromatic heterocycles.